The third-order valence-electron chi connectivity index (χ3n) is 2.35. The van der Waals surface area contributed by atoms with E-state index >= 15 is 0 Å². The molecule has 2 aliphatic rings. The van der Waals surface area contributed by atoms with Crippen molar-refractivity contribution in [1.29, 1.82) is 0 Å². The summed E-state index contributed by atoms with van der Waals surface area (Å²) in [4.78, 5) is 15.6. The van der Waals surface area contributed by atoms with E-state index in [2.05, 4.69) is 15.6 Å². The van der Waals surface area contributed by atoms with E-state index in [0.29, 0.717) is 5.17 Å². The molecule has 2 aliphatic heterocycles. The Morgan fingerprint density at radius 3 is 2.94 bits per heavy atom. The molecule has 2 rings (SSSR count). The molecule has 1 fully saturated rings. The van der Waals surface area contributed by atoms with Crippen molar-refractivity contribution in [3.63, 3.8) is 0 Å². The van der Waals surface area contributed by atoms with Crippen LogP contribution < -0.4 is 10.6 Å². The number of nitrogens with one attached hydrogen (secondary N) is 2. The fraction of sp³-hybridized carbons (Fsp3) is 0.600. The topological polar surface area (TPSA) is 62.7 Å². The van der Waals surface area contributed by atoms with E-state index in [-0.39, 0.29) is 6.03 Å². The Labute approximate surface area is 98.7 Å². The standard InChI is InChI=1S/C10H15N3O2S/c14-9(13-10-11-3-6-16-10)12-7-8-1-4-15-5-2-8/h7H,1-6H2,(H2,11,12,13,14). The Kier molecular flexibility index (Phi) is 4.24. The van der Waals surface area contributed by atoms with Gasteiger partial charge in [-0.25, -0.2) is 4.79 Å². The van der Waals surface area contributed by atoms with Gasteiger partial charge in [-0.2, -0.15) is 0 Å². The molecular formula is C10H15N3O2S. The molecule has 6 heteroatoms. The van der Waals surface area contributed by atoms with E-state index in [4.69, 9.17) is 4.74 Å². The molecule has 0 unspecified atom stereocenters. The summed E-state index contributed by atoms with van der Waals surface area (Å²) in [7, 11) is 0. The second-order valence-corrected chi connectivity index (χ2v) is 4.63. The van der Waals surface area contributed by atoms with Gasteiger partial charge in [0.2, 0.25) is 0 Å². The molecule has 0 saturated carbocycles. The van der Waals surface area contributed by atoms with Crippen molar-refractivity contribution >= 4 is 23.0 Å². The number of amides is 2. The number of ether oxygens (including phenoxy) is 1. The normalized spacial score (nSPS) is 20.2. The van der Waals surface area contributed by atoms with Crippen LogP contribution in [0.25, 0.3) is 0 Å². The number of rotatable bonds is 1. The zero-order chi connectivity index (χ0) is 11.2. The van der Waals surface area contributed by atoms with Crippen molar-refractivity contribution in [3.8, 4) is 0 Å². The van der Waals surface area contributed by atoms with E-state index in [1.54, 1.807) is 18.0 Å². The lowest BCUT2D eigenvalue weighted by atomic mass is 10.1. The molecule has 16 heavy (non-hydrogen) atoms. The van der Waals surface area contributed by atoms with E-state index in [9.17, 15) is 4.79 Å². The number of urea groups is 1. The Balaban J connectivity index is 1.74. The number of aliphatic imine (C=N–C) groups is 1. The van der Waals surface area contributed by atoms with Crippen LogP contribution in [0.1, 0.15) is 12.8 Å². The van der Waals surface area contributed by atoms with Crippen LogP contribution in [-0.4, -0.2) is 36.7 Å². The molecule has 2 heterocycles. The quantitative estimate of drug-likeness (QED) is 0.722. The lowest BCUT2D eigenvalue weighted by Crippen LogP contribution is -2.35. The van der Waals surface area contributed by atoms with Crippen LogP contribution in [0.4, 0.5) is 4.79 Å². The van der Waals surface area contributed by atoms with Crippen molar-refractivity contribution in [1.82, 2.24) is 10.6 Å². The highest BCUT2D eigenvalue weighted by atomic mass is 32.2. The van der Waals surface area contributed by atoms with Crippen molar-refractivity contribution in [2.24, 2.45) is 4.99 Å². The van der Waals surface area contributed by atoms with Gasteiger partial charge in [-0.3, -0.25) is 10.3 Å². The number of nitrogens with zero attached hydrogens (tertiary/aromatic N) is 1. The summed E-state index contributed by atoms with van der Waals surface area (Å²) in [5.41, 5.74) is 1.22. The average molecular weight is 241 g/mol. The van der Waals surface area contributed by atoms with Gasteiger partial charge in [0.1, 0.15) is 0 Å². The largest absolute Gasteiger partial charge is 0.381 e. The van der Waals surface area contributed by atoms with Gasteiger partial charge in [0.25, 0.3) is 0 Å². The Morgan fingerprint density at radius 1 is 1.44 bits per heavy atom. The van der Waals surface area contributed by atoms with Crippen LogP contribution in [0.2, 0.25) is 0 Å². The molecule has 0 aromatic heterocycles. The van der Waals surface area contributed by atoms with E-state index in [1.807, 2.05) is 0 Å². The first-order valence-electron chi connectivity index (χ1n) is 5.35. The maximum atomic E-state index is 11.4. The summed E-state index contributed by atoms with van der Waals surface area (Å²) in [6.45, 7) is 2.29. The van der Waals surface area contributed by atoms with Crippen molar-refractivity contribution < 1.29 is 9.53 Å². The molecule has 0 radical (unpaired) electrons. The van der Waals surface area contributed by atoms with Gasteiger partial charge in [-0.1, -0.05) is 11.8 Å². The summed E-state index contributed by atoms with van der Waals surface area (Å²) in [5.74, 6) is 0.952. The molecule has 0 atom stereocenters. The maximum Gasteiger partial charge on any atom is 0.324 e. The molecule has 88 valence electrons. The first-order chi connectivity index (χ1) is 7.84. The minimum absolute atomic E-state index is 0.216. The lowest BCUT2D eigenvalue weighted by Gasteiger charge is -2.14. The third-order valence-corrected chi connectivity index (χ3v) is 3.24. The second-order valence-electron chi connectivity index (χ2n) is 3.55. The van der Waals surface area contributed by atoms with Gasteiger partial charge in [-0.15, -0.1) is 0 Å². The van der Waals surface area contributed by atoms with Crippen molar-refractivity contribution in [2.45, 2.75) is 12.8 Å². The maximum absolute atomic E-state index is 11.4. The number of hydrogen-bond acceptors (Lipinski definition) is 4. The summed E-state index contributed by atoms with van der Waals surface area (Å²) < 4.78 is 5.22. The predicted octanol–water partition coefficient (Wildman–Crippen LogP) is 1.08. The van der Waals surface area contributed by atoms with Crippen molar-refractivity contribution in [2.75, 3.05) is 25.5 Å². The molecule has 2 N–H and O–H groups in total. The van der Waals surface area contributed by atoms with Gasteiger partial charge in [-0.05, 0) is 18.4 Å². The second kappa shape index (κ2) is 5.91. The molecule has 1 saturated heterocycles. The molecule has 5 nitrogen and oxygen atoms in total. The van der Waals surface area contributed by atoms with Gasteiger partial charge in [0.05, 0.1) is 19.8 Å². The van der Waals surface area contributed by atoms with Crippen LogP contribution in [-0.2, 0) is 4.74 Å². The molecule has 2 amide bonds. The highest BCUT2D eigenvalue weighted by Gasteiger charge is 2.10. The summed E-state index contributed by atoms with van der Waals surface area (Å²) in [6, 6.07) is -0.216. The molecule has 0 spiro atoms. The van der Waals surface area contributed by atoms with Crippen molar-refractivity contribution in [3.05, 3.63) is 11.8 Å². The summed E-state index contributed by atoms with van der Waals surface area (Å²) in [5, 5.41) is 6.13. The van der Waals surface area contributed by atoms with Crippen LogP contribution >= 0.6 is 11.8 Å². The summed E-state index contributed by atoms with van der Waals surface area (Å²) >= 11 is 1.57. The highest BCUT2D eigenvalue weighted by molar-refractivity contribution is 8.14. The van der Waals surface area contributed by atoms with Crippen LogP contribution in [0, 0.1) is 0 Å². The van der Waals surface area contributed by atoms with Gasteiger partial charge < -0.3 is 10.1 Å². The smallest absolute Gasteiger partial charge is 0.324 e. The van der Waals surface area contributed by atoms with Gasteiger partial charge >= 0.3 is 6.03 Å². The molecule has 0 aromatic rings. The first kappa shape index (κ1) is 11.5. The Morgan fingerprint density at radius 2 is 2.25 bits per heavy atom. The van der Waals surface area contributed by atoms with E-state index in [1.165, 1.54) is 5.57 Å². The van der Waals surface area contributed by atoms with Crippen LogP contribution in [0.15, 0.2) is 16.8 Å². The molecule has 0 bridgehead atoms. The fourth-order valence-electron chi connectivity index (χ4n) is 1.49. The molecular weight excluding hydrogens is 226 g/mol. The fourth-order valence-corrected chi connectivity index (χ4v) is 2.21. The lowest BCUT2D eigenvalue weighted by molar-refractivity contribution is 0.119. The number of thioether (sulfide) groups is 1. The Hall–Kier alpha value is -1.01. The van der Waals surface area contributed by atoms with Crippen LogP contribution in [0.3, 0.4) is 0 Å². The zero-order valence-corrected chi connectivity index (χ0v) is 9.81. The van der Waals surface area contributed by atoms with Crippen LogP contribution in [0.5, 0.6) is 0 Å². The number of amidine groups is 1. The minimum Gasteiger partial charge on any atom is -0.381 e. The van der Waals surface area contributed by atoms with E-state index in [0.717, 1.165) is 38.4 Å². The van der Waals surface area contributed by atoms with Gasteiger partial charge in [0, 0.05) is 12.0 Å². The average Bonchev–Trinajstić information content (AvgIpc) is 2.81. The number of carbonyl (C=O) groups excluding carboxylic acids is 1. The third kappa shape index (κ3) is 3.53. The molecule has 0 aliphatic carbocycles. The Bertz CT molecular complexity index is 320. The number of hydrogen-bond donors (Lipinski definition) is 2. The molecule has 0 aromatic carbocycles. The zero-order valence-electron chi connectivity index (χ0n) is 8.99. The predicted molar refractivity (Wildman–Crippen MR) is 64.6 cm³/mol. The highest BCUT2D eigenvalue weighted by Crippen LogP contribution is 2.12. The van der Waals surface area contributed by atoms with E-state index < -0.39 is 0 Å². The first-order valence-corrected chi connectivity index (χ1v) is 6.33. The minimum atomic E-state index is -0.216. The van der Waals surface area contributed by atoms with Gasteiger partial charge in [0.15, 0.2) is 5.17 Å². The SMILES string of the molecule is O=C(NC=C1CCOCC1)NC1=NCCS1. The number of carbonyl (C=O) groups is 1. The monoisotopic (exact) mass is 241 g/mol. The summed E-state index contributed by atoms with van der Waals surface area (Å²) in [6.07, 6.45) is 3.57.